The van der Waals surface area contributed by atoms with Gasteiger partial charge >= 0.3 is 0 Å². The third-order valence-electron chi connectivity index (χ3n) is 8.18. The predicted molar refractivity (Wildman–Crippen MR) is 160 cm³/mol. The number of carbonyl (C=O) groups is 1. The van der Waals surface area contributed by atoms with Gasteiger partial charge in [-0.05, 0) is 61.2 Å². The van der Waals surface area contributed by atoms with Crippen LogP contribution in [0.25, 0.3) is 0 Å². The second kappa shape index (κ2) is 13.5. The molecule has 3 aliphatic rings. The summed E-state index contributed by atoms with van der Waals surface area (Å²) in [7, 11) is 3.53. The Morgan fingerprint density at radius 1 is 0.974 bits per heavy atom. The number of hydrogen-bond acceptors (Lipinski definition) is 4. The molecule has 0 saturated carbocycles. The Morgan fingerprint density at radius 3 is 2.08 bits per heavy atom. The van der Waals surface area contributed by atoms with Crippen molar-refractivity contribution in [3.05, 3.63) is 95.6 Å². The summed E-state index contributed by atoms with van der Waals surface area (Å²) in [6.45, 7) is 4.61. The van der Waals surface area contributed by atoms with Gasteiger partial charge < -0.3 is 15.0 Å². The molecule has 3 aliphatic heterocycles. The van der Waals surface area contributed by atoms with E-state index in [4.69, 9.17) is 4.74 Å². The van der Waals surface area contributed by atoms with Crippen LogP contribution in [0.2, 0.25) is 0 Å². The van der Waals surface area contributed by atoms with E-state index in [0.717, 1.165) is 30.1 Å². The van der Waals surface area contributed by atoms with E-state index < -0.39 is 0 Å². The molecule has 3 aromatic carbocycles. The number of ether oxygens (including phenoxy) is 1. The number of nitrogens with zero attached hydrogens (tertiary/aromatic N) is 2. The maximum atomic E-state index is 12.0. The lowest BCUT2D eigenvalue weighted by molar-refractivity contribution is -0.116. The molecule has 3 aromatic rings. The summed E-state index contributed by atoms with van der Waals surface area (Å²) in [5.41, 5.74) is 4.71. The van der Waals surface area contributed by atoms with Gasteiger partial charge in [-0.2, -0.15) is 0 Å². The van der Waals surface area contributed by atoms with Crippen LogP contribution in [0.15, 0.2) is 78.9 Å². The smallest absolute Gasteiger partial charge is 0.223 e. The zero-order valence-corrected chi connectivity index (χ0v) is 24.0. The number of rotatable bonds is 8. The fourth-order valence-corrected chi connectivity index (χ4v) is 6.22. The number of fused-ring (bicyclic) bond motifs is 3. The molecular formula is C31H39Cl2N3O2. The number of benzene rings is 3. The van der Waals surface area contributed by atoms with Crippen molar-refractivity contribution in [2.75, 3.05) is 32.1 Å². The molecule has 0 aromatic heterocycles. The minimum atomic E-state index is 0. The number of halogens is 2. The van der Waals surface area contributed by atoms with Gasteiger partial charge in [0, 0.05) is 49.8 Å². The van der Waals surface area contributed by atoms with Crippen LogP contribution in [0.1, 0.15) is 42.4 Å². The second-order valence-electron chi connectivity index (χ2n) is 10.1. The fraction of sp³-hybridized carbons (Fsp3) is 0.387. The third-order valence-corrected chi connectivity index (χ3v) is 8.18. The van der Waals surface area contributed by atoms with E-state index in [1.165, 1.54) is 24.0 Å². The highest BCUT2D eigenvalue weighted by atomic mass is 35.5. The van der Waals surface area contributed by atoms with Gasteiger partial charge in [0.1, 0.15) is 5.75 Å². The Balaban J connectivity index is 0.00000200. The lowest BCUT2D eigenvalue weighted by Crippen LogP contribution is -2.64. The summed E-state index contributed by atoms with van der Waals surface area (Å²) in [4.78, 5) is 16.4. The molecular weight excluding hydrogens is 517 g/mol. The second-order valence-corrected chi connectivity index (χ2v) is 10.1. The van der Waals surface area contributed by atoms with Crippen LogP contribution < -0.4 is 15.0 Å². The lowest BCUT2D eigenvalue weighted by Gasteiger charge is -2.54. The zero-order chi connectivity index (χ0) is 25.1. The Bertz CT molecular complexity index is 1130. The Hall–Kier alpha value is -2.57. The summed E-state index contributed by atoms with van der Waals surface area (Å²) in [6.07, 6.45) is 2.46. The average Bonchev–Trinajstić information content (AvgIpc) is 2.93. The molecule has 0 unspecified atom stereocenters. The molecule has 3 heterocycles. The highest BCUT2D eigenvalue weighted by Crippen LogP contribution is 2.42. The molecule has 6 rings (SSSR count). The number of carbonyl (C=O) groups excluding carboxylic acids is 1. The first kappa shape index (κ1) is 30.0. The summed E-state index contributed by atoms with van der Waals surface area (Å²) in [5.74, 6) is 1.81. The third kappa shape index (κ3) is 6.18. The van der Waals surface area contributed by atoms with Crippen molar-refractivity contribution < 1.29 is 9.53 Å². The maximum Gasteiger partial charge on any atom is 0.223 e. The maximum absolute atomic E-state index is 12.0. The highest BCUT2D eigenvalue weighted by molar-refractivity contribution is 5.91. The first-order valence-corrected chi connectivity index (χ1v) is 13.1. The molecule has 1 N–H and O–H groups in total. The van der Waals surface area contributed by atoms with Crippen molar-refractivity contribution in [2.45, 2.75) is 44.3 Å². The van der Waals surface area contributed by atoms with E-state index in [-0.39, 0.29) is 30.7 Å². The molecule has 5 nitrogen and oxygen atoms in total. The van der Waals surface area contributed by atoms with Crippen molar-refractivity contribution >= 4 is 36.4 Å². The van der Waals surface area contributed by atoms with Crippen LogP contribution in [-0.2, 0) is 11.3 Å². The van der Waals surface area contributed by atoms with Crippen LogP contribution in [0, 0.1) is 5.92 Å². The van der Waals surface area contributed by atoms with E-state index in [2.05, 4.69) is 76.9 Å². The van der Waals surface area contributed by atoms with Crippen molar-refractivity contribution in [1.29, 1.82) is 0 Å². The molecule has 38 heavy (non-hydrogen) atoms. The minimum absolute atomic E-state index is 0. The Kier molecular flexibility index (Phi) is 10.6. The van der Waals surface area contributed by atoms with Crippen molar-refractivity contribution in [2.24, 2.45) is 5.92 Å². The average molecular weight is 557 g/mol. The van der Waals surface area contributed by atoms with Gasteiger partial charge in [-0.15, -0.1) is 24.8 Å². The quantitative estimate of drug-likeness (QED) is 0.375. The van der Waals surface area contributed by atoms with Crippen LogP contribution >= 0.6 is 24.8 Å². The molecule has 3 fully saturated rings. The van der Waals surface area contributed by atoms with Crippen LogP contribution in [0.5, 0.6) is 5.75 Å². The molecule has 2 bridgehead atoms. The molecule has 7 heteroatoms. The van der Waals surface area contributed by atoms with Gasteiger partial charge in [-0.25, -0.2) is 0 Å². The zero-order valence-electron chi connectivity index (χ0n) is 22.4. The molecule has 204 valence electrons. The number of nitrogens with one attached hydrogen (secondary N) is 1. The first-order chi connectivity index (χ1) is 17.6. The van der Waals surface area contributed by atoms with Gasteiger partial charge in [0.15, 0.2) is 0 Å². The van der Waals surface area contributed by atoms with Gasteiger partial charge in [-0.3, -0.25) is 9.69 Å². The normalized spacial score (nSPS) is 21.8. The number of methoxy groups -OCH3 is 1. The van der Waals surface area contributed by atoms with E-state index >= 15 is 0 Å². The van der Waals surface area contributed by atoms with Crippen LogP contribution in [0.4, 0.5) is 5.69 Å². The van der Waals surface area contributed by atoms with Gasteiger partial charge in [0.25, 0.3) is 0 Å². The predicted octanol–water partition coefficient (Wildman–Crippen LogP) is 5.91. The van der Waals surface area contributed by atoms with E-state index in [1.807, 2.05) is 19.2 Å². The van der Waals surface area contributed by atoms with E-state index in [9.17, 15) is 4.79 Å². The van der Waals surface area contributed by atoms with Crippen LogP contribution in [0.3, 0.4) is 0 Å². The molecule has 2 atom stereocenters. The molecule has 1 amide bonds. The number of anilines is 1. The van der Waals surface area contributed by atoms with Gasteiger partial charge in [0.2, 0.25) is 5.91 Å². The summed E-state index contributed by atoms with van der Waals surface area (Å²) < 4.78 is 5.70. The topological polar surface area (TPSA) is 44.8 Å². The largest absolute Gasteiger partial charge is 0.496 e. The minimum Gasteiger partial charge on any atom is -0.496 e. The van der Waals surface area contributed by atoms with Gasteiger partial charge in [0.05, 0.1) is 7.11 Å². The van der Waals surface area contributed by atoms with Gasteiger partial charge in [-0.1, -0.05) is 60.7 Å². The van der Waals surface area contributed by atoms with Crippen molar-refractivity contribution in [3.63, 3.8) is 0 Å². The van der Waals surface area contributed by atoms with E-state index in [0.29, 0.717) is 30.5 Å². The fourth-order valence-electron chi connectivity index (χ4n) is 6.22. The first-order valence-electron chi connectivity index (χ1n) is 13.1. The van der Waals surface area contributed by atoms with Crippen molar-refractivity contribution in [3.8, 4) is 5.75 Å². The molecule has 0 spiro atoms. The Morgan fingerprint density at radius 2 is 1.55 bits per heavy atom. The molecule has 0 aliphatic carbocycles. The standard InChI is InChI=1S/C31H37N3O2.2ClH/c1-22(35)33(2)27-14-15-28(36-3)26(20-27)21-32-30-25-16-18-34(19-17-25)31(30)29(23-10-6-4-7-11-23)24-12-8-5-9-13-24;;/h4-15,20,25,29-32H,16-19,21H2,1-3H3;2*1H/t30-,31-;;/m0../s1. The monoisotopic (exact) mass is 555 g/mol. The van der Waals surface area contributed by atoms with Crippen molar-refractivity contribution in [1.82, 2.24) is 10.2 Å². The number of piperidine rings is 3. The Labute approximate surface area is 239 Å². The highest BCUT2D eigenvalue weighted by Gasteiger charge is 2.46. The summed E-state index contributed by atoms with van der Waals surface area (Å²) in [5, 5.41) is 3.98. The van der Waals surface area contributed by atoms with E-state index in [1.54, 1.807) is 18.9 Å². The molecule has 3 saturated heterocycles. The molecule has 0 radical (unpaired) electrons. The summed E-state index contributed by atoms with van der Waals surface area (Å²) >= 11 is 0. The summed E-state index contributed by atoms with van der Waals surface area (Å²) in [6, 6.07) is 28.7. The SMILES string of the molecule is COc1ccc(N(C)C(C)=O)cc1CN[C@H]1C2CCN(CC2)[C@H]1C(c1ccccc1)c1ccccc1.Cl.Cl. The number of hydrogen-bond donors (Lipinski definition) is 1. The lowest BCUT2D eigenvalue weighted by atomic mass is 9.70. The van der Waals surface area contributed by atoms with Crippen LogP contribution in [-0.4, -0.2) is 50.1 Å². The number of amides is 1.